The van der Waals surface area contributed by atoms with Crippen LogP contribution in [0.2, 0.25) is 0 Å². The molecule has 4 heteroatoms. The van der Waals surface area contributed by atoms with Crippen molar-refractivity contribution in [2.45, 2.75) is 23.1 Å². The van der Waals surface area contributed by atoms with E-state index in [4.69, 9.17) is 39.5 Å². The highest BCUT2D eigenvalue weighted by atomic mass is 35.6. The van der Waals surface area contributed by atoms with Gasteiger partial charge in [-0.3, -0.25) is 0 Å². The molecule has 1 aliphatic rings. The van der Waals surface area contributed by atoms with Crippen LogP contribution in [0.1, 0.15) is 19.3 Å². The van der Waals surface area contributed by atoms with Crippen LogP contribution in [-0.2, 0) is 4.74 Å². The third kappa shape index (κ3) is 4.09. The maximum atomic E-state index is 5.54. The Morgan fingerprint density at radius 3 is 2.45 bits per heavy atom. The maximum absolute atomic E-state index is 5.54. The first-order chi connectivity index (χ1) is 5.08. The summed E-state index contributed by atoms with van der Waals surface area (Å²) in [5.41, 5.74) is 0. The molecule has 0 amide bonds. The van der Waals surface area contributed by atoms with Crippen molar-refractivity contribution in [3.05, 3.63) is 11.8 Å². The zero-order valence-electron chi connectivity index (χ0n) is 5.95. The van der Waals surface area contributed by atoms with E-state index < -0.39 is 3.79 Å². The molecule has 1 saturated heterocycles. The third-order valence-corrected chi connectivity index (χ3v) is 1.76. The van der Waals surface area contributed by atoms with Crippen LogP contribution in [0.4, 0.5) is 0 Å². The zero-order valence-corrected chi connectivity index (χ0v) is 8.22. The third-order valence-electron chi connectivity index (χ3n) is 1.43. The highest BCUT2D eigenvalue weighted by Crippen LogP contribution is 2.31. The summed E-state index contributed by atoms with van der Waals surface area (Å²) in [5, 5.41) is 0. The molecule has 11 heavy (non-hydrogen) atoms. The van der Waals surface area contributed by atoms with Crippen LogP contribution in [-0.4, -0.2) is 10.4 Å². The molecule has 0 radical (unpaired) electrons. The fraction of sp³-hybridized carbons (Fsp3) is 0.714. The van der Waals surface area contributed by atoms with E-state index in [9.17, 15) is 0 Å². The lowest BCUT2D eigenvalue weighted by Crippen LogP contribution is -2.07. The summed E-state index contributed by atoms with van der Waals surface area (Å²) in [7, 11) is 0. The van der Waals surface area contributed by atoms with Gasteiger partial charge in [-0.2, -0.15) is 0 Å². The summed E-state index contributed by atoms with van der Waals surface area (Å²) in [6, 6.07) is 0. The van der Waals surface area contributed by atoms with Crippen LogP contribution < -0.4 is 0 Å². The lowest BCUT2D eigenvalue weighted by Gasteiger charge is -2.17. The topological polar surface area (TPSA) is 9.23 Å². The van der Waals surface area contributed by atoms with Crippen molar-refractivity contribution in [2.24, 2.45) is 0 Å². The van der Waals surface area contributed by atoms with Gasteiger partial charge in [0.15, 0.2) is 0 Å². The van der Waals surface area contributed by atoms with Gasteiger partial charge < -0.3 is 4.74 Å². The minimum absolute atomic E-state index is 0.743. The molecule has 1 nitrogen and oxygen atoms in total. The second kappa shape index (κ2) is 3.88. The summed E-state index contributed by atoms with van der Waals surface area (Å²) < 4.78 is 3.95. The van der Waals surface area contributed by atoms with E-state index in [1.807, 2.05) is 0 Å². The standard InChI is InChI=1S/C7H9Cl3O/c8-7(9,10)5-6-3-1-2-4-11-6/h5H,1-4H2. The van der Waals surface area contributed by atoms with Crippen LogP contribution in [0.3, 0.4) is 0 Å². The quantitative estimate of drug-likeness (QED) is 0.563. The summed E-state index contributed by atoms with van der Waals surface area (Å²) in [6.45, 7) is 0.743. The van der Waals surface area contributed by atoms with Crippen LogP contribution in [0.25, 0.3) is 0 Å². The zero-order chi connectivity index (χ0) is 8.32. The van der Waals surface area contributed by atoms with E-state index in [1.54, 1.807) is 0 Å². The van der Waals surface area contributed by atoms with Crippen molar-refractivity contribution < 1.29 is 4.74 Å². The van der Waals surface area contributed by atoms with Crippen molar-refractivity contribution in [3.63, 3.8) is 0 Å². The van der Waals surface area contributed by atoms with E-state index in [-0.39, 0.29) is 0 Å². The van der Waals surface area contributed by atoms with E-state index in [0.29, 0.717) is 0 Å². The average Bonchev–Trinajstić information content (AvgIpc) is 1.85. The van der Waals surface area contributed by atoms with Gasteiger partial charge in [-0.1, -0.05) is 34.8 Å². The molecular weight excluding hydrogens is 206 g/mol. The first-order valence-corrected chi connectivity index (χ1v) is 4.62. The van der Waals surface area contributed by atoms with Gasteiger partial charge in [-0.05, 0) is 12.8 Å². The minimum atomic E-state index is -1.31. The lowest BCUT2D eigenvalue weighted by atomic mass is 10.2. The minimum Gasteiger partial charge on any atom is -0.498 e. The van der Waals surface area contributed by atoms with Crippen molar-refractivity contribution in [1.82, 2.24) is 0 Å². The Labute approximate surface area is 81.3 Å². The van der Waals surface area contributed by atoms with Gasteiger partial charge in [0.1, 0.15) is 0 Å². The Balaban J connectivity index is 2.50. The normalized spacial score (nSPS) is 23.4. The Kier molecular flexibility index (Phi) is 3.35. The highest BCUT2D eigenvalue weighted by Gasteiger charge is 2.18. The number of ether oxygens (including phenoxy) is 1. The molecule has 1 aliphatic heterocycles. The molecule has 0 aromatic carbocycles. The van der Waals surface area contributed by atoms with E-state index >= 15 is 0 Å². The monoisotopic (exact) mass is 214 g/mol. The van der Waals surface area contributed by atoms with Gasteiger partial charge in [0.2, 0.25) is 3.79 Å². The molecule has 0 saturated carbocycles. The molecule has 1 fully saturated rings. The SMILES string of the molecule is ClC(Cl)(Cl)C=C1CCCCO1. The summed E-state index contributed by atoms with van der Waals surface area (Å²) >= 11 is 16.6. The van der Waals surface area contributed by atoms with Crippen molar-refractivity contribution >= 4 is 34.8 Å². The molecule has 1 heterocycles. The van der Waals surface area contributed by atoms with Gasteiger partial charge in [0, 0.05) is 12.5 Å². The predicted octanol–water partition coefficient (Wildman–Crippen LogP) is 3.44. The fourth-order valence-corrected chi connectivity index (χ4v) is 1.34. The Morgan fingerprint density at radius 1 is 1.27 bits per heavy atom. The van der Waals surface area contributed by atoms with Gasteiger partial charge in [0.05, 0.1) is 12.4 Å². The fourth-order valence-electron chi connectivity index (χ4n) is 0.973. The van der Waals surface area contributed by atoms with Crippen molar-refractivity contribution in [3.8, 4) is 0 Å². The molecule has 0 bridgehead atoms. The Hall–Kier alpha value is 0.410. The number of rotatable bonds is 0. The van der Waals surface area contributed by atoms with Gasteiger partial charge >= 0.3 is 0 Å². The van der Waals surface area contributed by atoms with Crippen LogP contribution in [0.15, 0.2) is 11.8 Å². The average molecular weight is 216 g/mol. The lowest BCUT2D eigenvalue weighted by molar-refractivity contribution is 0.165. The molecule has 0 atom stereocenters. The predicted molar refractivity (Wildman–Crippen MR) is 48.2 cm³/mol. The van der Waals surface area contributed by atoms with Crippen molar-refractivity contribution in [2.75, 3.05) is 6.61 Å². The van der Waals surface area contributed by atoms with E-state index in [2.05, 4.69) is 0 Å². The number of alkyl halides is 3. The highest BCUT2D eigenvalue weighted by molar-refractivity contribution is 6.68. The second-order valence-corrected chi connectivity index (χ2v) is 4.83. The maximum Gasteiger partial charge on any atom is 0.212 e. The molecule has 0 N–H and O–H groups in total. The summed E-state index contributed by atoms with van der Waals surface area (Å²) in [5.74, 6) is 0.802. The number of hydrogen-bond donors (Lipinski definition) is 0. The largest absolute Gasteiger partial charge is 0.498 e. The van der Waals surface area contributed by atoms with Gasteiger partial charge in [0.25, 0.3) is 0 Å². The molecule has 0 unspecified atom stereocenters. The molecule has 1 rings (SSSR count). The molecule has 0 aromatic heterocycles. The van der Waals surface area contributed by atoms with E-state index in [0.717, 1.165) is 31.6 Å². The van der Waals surface area contributed by atoms with Crippen molar-refractivity contribution in [1.29, 1.82) is 0 Å². The van der Waals surface area contributed by atoms with Gasteiger partial charge in [-0.15, -0.1) is 0 Å². The number of halogens is 3. The molecule has 0 aromatic rings. The summed E-state index contributed by atoms with van der Waals surface area (Å²) in [4.78, 5) is 0. The molecule has 0 spiro atoms. The number of allylic oxidation sites excluding steroid dienone is 2. The smallest absolute Gasteiger partial charge is 0.212 e. The van der Waals surface area contributed by atoms with Crippen LogP contribution in [0.5, 0.6) is 0 Å². The molecular formula is C7H9Cl3O. The molecule has 64 valence electrons. The van der Waals surface area contributed by atoms with Crippen LogP contribution >= 0.6 is 34.8 Å². The van der Waals surface area contributed by atoms with Crippen LogP contribution in [0, 0.1) is 0 Å². The number of hydrogen-bond acceptors (Lipinski definition) is 1. The summed E-state index contributed by atoms with van der Waals surface area (Å²) in [6.07, 6.45) is 4.63. The Bertz CT molecular complexity index is 152. The second-order valence-electron chi connectivity index (χ2n) is 2.46. The van der Waals surface area contributed by atoms with E-state index in [1.165, 1.54) is 6.08 Å². The molecule has 0 aliphatic carbocycles. The Morgan fingerprint density at radius 2 is 2.00 bits per heavy atom. The first-order valence-electron chi connectivity index (χ1n) is 3.49. The van der Waals surface area contributed by atoms with Gasteiger partial charge in [-0.25, -0.2) is 0 Å². The first kappa shape index (κ1) is 9.50.